The average Bonchev–Trinajstić information content (AvgIpc) is 3.52. The summed E-state index contributed by atoms with van der Waals surface area (Å²) in [5, 5.41) is 0. The lowest BCUT2D eigenvalue weighted by atomic mass is 9.93. The Kier molecular flexibility index (Phi) is 8.55. The standard InChI is InChI=1S/C34H29N3O6S2/c1-4-42-25(38)19-36-24-14-10-9-13-23(24)26(31(36)39)30-32(40)37-29(21-15-17-22(44-3)18-16-21)27(33(41)43-5-2)28(35-34(37)45-30)20-11-7-6-8-12-20/h6-18,29H,4-5,19H2,1-3H3/b30-26+/t29-/m1/s1. The topological polar surface area (TPSA) is 107 Å². The molecule has 6 rings (SSSR count). The number of amides is 1. The van der Waals surface area contributed by atoms with Gasteiger partial charge < -0.3 is 9.47 Å². The van der Waals surface area contributed by atoms with Crippen LogP contribution in [-0.2, 0) is 23.9 Å². The second kappa shape index (κ2) is 12.7. The van der Waals surface area contributed by atoms with Gasteiger partial charge in [0.25, 0.3) is 11.5 Å². The molecule has 0 saturated carbocycles. The molecule has 3 aromatic carbocycles. The minimum atomic E-state index is -0.872. The number of hydrogen-bond donors (Lipinski definition) is 0. The Labute approximate surface area is 267 Å². The third-order valence-corrected chi connectivity index (χ3v) is 9.32. The molecule has 1 aromatic heterocycles. The van der Waals surface area contributed by atoms with Crippen molar-refractivity contribution < 1.29 is 23.9 Å². The predicted molar refractivity (Wildman–Crippen MR) is 174 cm³/mol. The van der Waals surface area contributed by atoms with Crippen LogP contribution in [0.5, 0.6) is 0 Å². The molecule has 1 atom stereocenters. The first-order valence-electron chi connectivity index (χ1n) is 14.4. The molecule has 11 heteroatoms. The quantitative estimate of drug-likeness (QED) is 0.212. The van der Waals surface area contributed by atoms with E-state index in [-0.39, 0.29) is 35.4 Å². The summed E-state index contributed by atoms with van der Waals surface area (Å²) in [5.41, 5.74) is 2.76. The van der Waals surface area contributed by atoms with Crippen LogP contribution < -0.4 is 19.8 Å². The van der Waals surface area contributed by atoms with Gasteiger partial charge in [-0.2, -0.15) is 0 Å². The normalized spacial score (nSPS) is 16.6. The summed E-state index contributed by atoms with van der Waals surface area (Å²) >= 11 is 2.66. The molecule has 4 aromatic rings. The summed E-state index contributed by atoms with van der Waals surface area (Å²) in [6.07, 6.45) is 1.97. The highest BCUT2D eigenvalue weighted by atomic mass is 32.2. The molecule has 0 aliphatic carbocycles. The number of thiazole rings is 1. The van der Waals surface area contributed by atoms with E-state index < -0.39 is 29.4 Å². The van der Waals surface area contributed by atoms with Crippen molar-refractivity contribution >= 4 is 57.9 Å². The molecule has 0 radical (unpaired) electrons. The van der Waals surface area contributed by atoms with Crippen LogP contribution in [0.25, 0.3) is 11.3 Å². The van der Waals surface area contributed by atoms with Crippen molar-refractivity contribution in [2.24, 2.45) is 4.99 Å². The number of fused-ring (bicyclic) bond motifs is 2. The number of thioether (sulfide) groups is 1. The third kappa shape index (κ3) is 5.42. The van der Waals surface area contributed by atoms with E-state index in [1.165, 1.54) is 9.47 Å². The zero-order valence-corrected chi connectivity index (χ0v) is 26.4. The first-order chi connectivity index (χ1) is 21.9. The Hall–Kier alpha value is -4.74. The maximum absolute atomic E-state index is 14.5. The maximum atomic E-state index is 14.5. The zero-order chi connectivity index (χ0) is 31.7. The number of benzene rings is 3. The number of anilines is 1. The van der Waals surface area contributed by atoms with E-state index >= 15 is 0 Å². The zero-order valence-electron chi connectivity index (χ0n) is 24.8. The molecular weight excluding hydrogens is 611 g/mol. The highest BCUT2D eigenvalue weighted by Gasteiger charge is 2.39. The van der Waals surface area contributed by atoms with Gasteiger partial charge in [-0.1, -0.05) is 72.0 Å². The van der Waals surface area contributed by atoms with Gasteiger partial charge in [-0.3, -0.25) is 23.9 Å². The maximum Gasteiger partial charge on any atom is 0.338 e. The second-order valence-electron chi connectivity index (χ2n) is 10.1. The highest BCUT2D eigenvalue weighted by molar-refractivity contribution is 7.98. The van der Waals surface area contributed by atoms with Gasteiger partial charge in [-0.05, 0) is 43.9 Å². The molecule has 1 amide bonds. The molecule has 0 fully saturated rings. The van der Waals surface area contributed by atoms with Crippen molar-refractivity contribution in [3.63, 3.8) is 0 Å². The van der Waals surface area contributed by atoms with Crippen molar-refractivity contribution in [2.45, 2.75) is 24.8 Å². The van der Waals surface area contributed by atoms with Crippen LogP contribution in [0.15, 0.2) is 99.1 Å². The fraction of sp³-hybridized carbons (Fsp3) is 0.206. The number of esters is 2. The molecule has 0 spiro atoms. The van der Waals surface area contributed by atoms with E-state index in [1.807, 2.05) is 60.9 Å². The lowest BCUT2D eigenvalue weighted by Gasteiger charge is -2.26. The molecular formula is C34H29N3O6S2. The first kappa shape index (κ1) is 30.3. The molecule has 3 heterocycles. The fourth-order valence-corrected chi connectivity index (χ4v) is 7.08. The highest BCUT2D eigenvalue weighted by Crippen LogP contribution is 2.37. The van der Waals surface area contributed by atoms with Crippen molar-refractivity contribution in [1.82, 2.24) is 4.57 Å². The van der Waals surface area contributed by atoms with Gasteiger partial charge in [0.2, 0.25) is 0 Å². The van der Waals surface area contributed by atoms with Crippen LogP contribution in [0, 0.1) is 0 Å². The van der Waals surface area contributed by atoms with Gasteiger partial charge in [0, 0.05) is 16.0 Å². The number of carbonyl (C=O) groups is 3. The van der Waals surface area contributed by atoms with Crippen LogP contribution in [-0.4, -0.2) is 48.4 Å². The minimum absolute atomic E-state index is 0.138. The smallest absolute Gasteiger partial charge is 0.338 e. The van der Waals surface area contributed by atoms with E-state index in [4.69, 9.17) is 14.5 Å². The number of carbonyl (C=O) groups excluding carboxylic acids is 3. The van der Waals surface area contributed by atoms with Crippen LogP contribution in [0.4, 0.5) is 5.69 Å². The SMILES string of the molecule is CCOC(=O)CN1C(=O)/C(=c2/sc3n(c2=O)[C@H](c2ccc(SC)cc2)C(C(=O)OCC)=C(c2ccccc2)N=3)c2ccccc21. The number of hydrogen-bond acceptors (Lipinski definition) is 9. The van der Waals surface area contributed by atoms with E-state index in [1.54, 1.807) is 49.9 Å². The number of aromatic nitrogens is 1. The van der Waals surface area contributed by atoms with E-state index in [2.05, 4.69) is 0 Å². The lowest BCUT2D eigenvalue weighted by Crippen LogP contribution is -2.41. The summed E-state index contributed by atoms with van der Waals surface area (Å²) < 4.78 is 12.3. The monoisotopic (exact) mass is 639 g/mol. The van der Waals surface area contributed by atoms with Gasteiger partial charge in [0.1, 0.15) is 11.1 Å². The van der Waals surface area contributed by atoms with Crippen molar-refractivity contribution in [3.05, 3.63) is 121 Å². The summed E-state index contributed by atoms with van der Waals surface area (Å²) in [7, 11) is 0. The molecule has 0 saturated heterocycles. The lowest BCUT2D eigenvalue weighted by molar-refractivity contribution is -0.142. The van der Waals surface area contributed by atoms with Gasteiger partial charge >= 0.3 is 11.9 Å². The summed E-state index contributed by atoms with van der Waals surface area (Å²) in [4.78, 5) is 62.2. The van der Waals surface area contributed by atoms with Crippen LogP contribution >= 0.6 is 23.1 Å². The van der Waals surface area contributed by atoms with Gasteiger partial charge in [0.15, 0.2) is 4.80 Å². The van der Waals surface area contributed by atoms with Crippen molar-refractivity contribution in [3.8, 4) is 0 Å². The molecule has 9 nitrogen and oxygen atoms in total. The van der Waals surface area contributed by atoms with Crippen LogP contribution in [0.2, 0.25) is 0 Å². The molecule has 2 aliphatic rings. The Morgan fingerprint density at radius 3 is 2.29 bits per heavy atom. The predicted octanol–water partition coefficient (Wildman–Crippen LogP) is 3.94. The molecule has 2 aliphatic heterocycles. The number of nitrogens with zero attached hydrogens (tertiary/aromatic N) is 3. The molecule has 0 unspecified atom stereocenters. The largest absolute Gasteiger partial charge is 0.465 e. The Balaban J connectivity index is 1.65. The summed E-state index contributed by atoms with van der Waals surface area (Å²) in [5.74, 6) is -1.62. The summed E-state index contributed by atoms with van der Waals surface area (Å²) in [6, 6.07) is 23.1. The summed E-state index contributed by atoms with van der Waals surface area (Å²) in [6.45, 7) is 3.45. The minimum Gasteiger partial charge on any atom is -0.465 e. The number of rotatable bonds is 8. The van der Waals surface area contributed by atoms with Gasteiger partial charge in [-0.15, -0.1) is 11.8 Å². The number of para-hydroxylation sites is 1. The van der Waals surface area contributed by atoms with E-state index in [0.29, 0.717) is 32.9 Å². The van der Waals surface area contributed by atoms with Crippen molar-refractivity contribution in [1.29, 1.82) is 0 Å². The molecule has 0 bridgehead atoms. The van der Waals surface area contributed by atoms with Crippen LogP contribution in [0.1, 0.15) is 36.6 Å². The number of ether oxygens (including phenoxy) is 2. The molecule has 0 N–H and O–H groups in total. The Morgan fingerprint density at radius 2 is 1.60 bits per heavy atom. The van der Waals surface area contributed by atoms with Gasteiger partial charge in [-0.25, -0.2) is 9.79 Å². The molecule has 228 valence electrons. The van der Waals surface area contributed by atoms with E-state index in [9.17, 15) is 19.2 Å². The van der Waals surface area contributed by atoms with Gasteiger partial charge in [0.05, 0.1) is 41.8 Å². The third-order valence-electron chi connectivity index (χ3n) is 7.52. The second-order valence-corrected chi connectivity index (χ2v) is 12.0. The first-order valence-corrected chi connectivity index (χ1v) is 16.4. The van der Waals surface area contributed by atoms with E-state index in [0.717, 1.165) is 16.2 Å². The van der Waals surface area contributed by atoms with Crippen LogP contribution in [0.3, 0.4) is 0 Å². The fourth-order valence-electron chi connectivity index (χ4n) is 5.58. The molecule has 45 heavy (non-hydrogen) atoms. The Bertz CT molecular complexity index is 2030. The Morgan fingerprint density at radius 1 is 0.911 bits per heavy atom. The van der Waals surface area contributed by atoms with Crippen molar-refractivity contribution in [2.75, 3.05) is 30.9 Å². The average molecular weight is 640 g/mol.